The van der Waals surface area contributed by atoms with Crippen LogP contribution in [0.5, 0.6) is 11.5 Å². The van der Waals surface area contributed by atoms with Gasteiger partial charge in [-0.15, -0.1) is 0 Å². The van der Waals surface area contributed by atoms with Gasteiger partial charge in [-0.05, 0) is 92.1 Å². The minimum atomic E-state index is 0.0125. The highest BCUT2D eigenvalue weighted by Gasteiger charge is 2.12. The Kier molecular flexibility index (Phi) is 17.4. The van der Waals surface area contributed by atoms with Crippen LogP contribution in [0.1, 0.15) is 110 Å². The first-order valence-corrected chi connectivity index (χ1v) is 18.1. The molecule has 0 unspecified atom stereocenters. The van der Waals surface area contributed by atoms with Crippen LogP contribution >= 0.6 is 0 Å². The van der Waals surface area contributed by atoms with Crippen molar-refractivity contribution in [3.8, 4) is 11.5 Å². The molecule has 270 valence electrons. The van der Waals surface area contributed by atoms with E-state index in [4.69, 9.17) is 14.2 Å². The van der Waals surface area contributed by atoms with Crippen LogP contribution in [-0.4, -0.2) is 24.0 Å². The second-order valence-electron chi connectivity index (χ2n) is 12.9. The number of benzene rings is 3. The molecule has 6 nitrogen and oxygen atoms in total. The van der Waals surface area contributed by atoms with E-state index in [0.717, 1.165) is 73.6 Å². The highest BCUT2D eigenvalue weighted by atomic mass is 16.5. The van der Waals surface area contributed by atoms with Crippen molar-refractivity contribution in [2.45, 2.75) is 97.3 Å². The molecule has 0 aromatic heterocycles. The van der Waals surface area contributed by atoms with Gasteiger partial charge in [0.1, 0.15) is 34.6 Å². The molecule has 3 rings (SSSR count). The summed E-state index contributed by atoms with van der Waals surface area (Å²) in [7, 11) is 0. The van der Waals surface area contributed by atoms with E-state index in [1.807, 2.05) is 56.3 Å². The second-order valence-corrected chi connectivity index (χ2v) is 12.9. The Morgan fingerprint density at radius 1 is 0.667 bits per heavy atom. The fourth-order valence-electron chi connectivity index (χ4n) is 5.50. The first-order valence-electron chi connectivity index (χ1n) is 18.1. The van der Waals surface area contributed by atoms with E-state index in [1.54, 1.807) is 30.3 Å². The molecule has 0 fully saturated rings. The third-order valence-electron chi connectivity index (χ3n) is 8.62. The van der Waals surface area contributed by atoms with Gasteiger partial charge in [-0.3, -0.25) is 14.4 Å². The van der Waals surface area contributed by atoms with Crippen molar-refractivity contribution in [3.63, 3.8) is 0 Å². The molecule has 3 aromatic carbocycles. The zero-order valence-electron chi connectivity index (χ0n) is 30.6. The number of hydrogen-bond acceptors (Lipinski definition) is 6. The van der Waals surface area contributed by atoms with E-state index in [9.17, 15) is 14.4 Å². The average Bonchev–Trinajstić information content (AvgIpc) is 3.12. The van der Waals surface area contributed by atoms with Gasteiger partial charge in [0, 0.05) is 49.7 Å². The van der Waals surface area contributed by atoms with Crippen molar-refractivity contribution in [1.82, 2.24) is 0 Å². The number of carbonyl (C=O) groups excluding carboxylic acids is 3. The van der Waals surface area contributed by atoms with Gasteiger partial charge >= 0.3 is 0 Å². The largest absolute Gasteiger partial charge is 0.494 e. The Labute approximate surface area is 304 Å². The van der Waals surface area contributed by atoms with Crippen molar-refractivity contribution in [1.29, 1.82) is 0 Å². The van der Waals surface area contributed by atoms with E-state index in [2.05, 4.69) is 26.3 Å². The normalized spacial score (nSPS) is 10.6. The van der Waals surface area contributed by atoms with Crippen molar-refractivity contribution < 1.29 is 28.6 Å². The quantitative estimate of drug-likeness (QED) is 0.0361. The Balaban J connectivity index is 1.40. The molecule has 0 saturated carbocycles. The van der Waals surface area contributed by atoms with E-state index < -0.39 is 0 Å². The third-order valence-corrected chi connectivity index (χ3v) is 8.62. The van der Waals surface area contributed by atoms with Gasteiger partial charge in [-0.1, -0.05) is 82.5 Å². The van der Waals surface area contributed by atoms with Crippen LogP contribution in [-0.2, 0) is 27.2 Å². The molecular weight excluding hydrogens is 636 g/mol. The van der Waals surface area contributed by atoms with Crippen LogP contribution in [0.25, 0.3) is 5.76 Å². The summed E-state index contributed by atoms with van der Waals surface area (Å²) < 4.78 is 17.4. The van der Waals surface area contributed by atoms with Crippen molar-refractivity contribution in [3.05, 3.63) is 138 Å². The predicted molar refractivity (Wildman–Crippen MR) is 207 cm³/mol. The highest BCUT2D eigenvalue weighted by Crippen LogP contribution is 2.26. The number of unbranched alkanes of at least 4 members (excludes halogenated alkanes) is 5. The lowest BCUT2D eigenvalue weighted by atomic mass is 10.0. The number of carbonyl (C=O) groups is 3. The minimum absolute atomic E-state index is 0.0125. The third kappa shape index (κ3) is 15.2. The Hall–Kier alpha value is -4.97. The van der Waals surface area contributed by atoms with Gasteiger partial charge in [0.2, 0.25) is 0 Å². The Morgan fingerprint density at radius 3 is 1.92 bits per heavy atom. The monoisotopic (exact) mass is 690 g/mol. The van der Waals surface area contributed by atoms with Crippen LogP contribution in [0, 0.1) is 6.92 Å². The highest BCUT2D eigenvalue weighted by molar-refractivity contribution is 5.97. The number of ether oxygens (including phenoxy) is 3. The van der Waals surface area contributed by atoms with Crippen molar-refractivity contribution in [2.75, 3.05) is 6.61 Å². The molecule has 0 aliphatic rings. The average molecular weight is 691 g/mol. The molecule has 6 heteroatoms. The summed E-state index contributed by atoms with van der Waals surface area (Å²) in [4.78, 5) is 36.9. The maximum atomic E-state index is 13.1. The molecule has 0 N–H and O–H groups in total. The molecule has 0 amide bonds. The number of rotatable bonds is 26. The molecule has 0 spiro atoms. The van der Waals surface area contributed by atoms with Crippen molar-refractivity contribution >= 4 is 23.1 Å². The van der Waals surface area contributed by atoms with Gasteiger partial charge in [0.05, 0.1) is 12.4 Å². The summed E-state index contributed by atoms with van der Waals surface area (Å²) in [6, 6.07) is 20.6. The SMILES string of the molecule is C=CC(=C)OCCCCCC(=O)Cc1ccc(C(=C)Oc2ccc(CC(=O)c3ccc(OC(=C)CCCCCCC(=O)CC)cc3)cc2C)cc1. The van der Waals surface area contributed by atoms with Crippen LogP contribution < -0.4 is 9.47 Å². The zero-order valence-corrected chi connectivity index (χ0v) is 30.6. The van der Waals surface area contributed by atoms with Crippen LogP contribution in [0.15, 0.2) is 111 Å². The van der Waals surface area contributed by atoms with Gasteiger partial charge in [0.15, 0.2) is 5.78 Å². The lowest BCUT2D eigenvalue weighted by molar-refractivity contribution is -0.119. The maximum Gasteiger partial charge on any atom is 0.167 e. The summed E-state index contributed by atoms with van der Waals surface area (Å²) in [6.07, 6.45) is 11.5. The topological polar surface area (TPSA) is 78.9 Å². The molecule has 0 bridgehead atoms. The number of aryl methyl sites for hydroxylation is 1. The van der Waals surface area contributed by atoms with Gasteiger partial charge in [-0.25, -0.2) is 0 Å². The molecule has 0 atom stereocenters. The Bertz CT molecular complexity index is 1640. The van der Waals surface area contributed by atoms with E-state index in [-0.39, 0.29) is 18.0 Å². The molecule has 51 heavy (non-hydrogen) atoms. The number of ketones is 3. The predicted octanol–water partition coefficient (Wildman–Crippen LogP) is 11.1. The number of allylic oxidation sites excluding steroid dienone is 2. The number of hydrogen-bond donors (Lipinski definition) is 0. The summed E-state index contributed by atoms with van der Waals surface area (Å²) >= 11 is 0. The smallest absolute Gasteiger partial charge is 0.167 e. The minimum Gasteiger partial charge on any atom is -0.494 e. The first-order chi connectivity index (χ1) is 24.6. The van der Waals surface area contributed by atoms with E-state index in [0.29, 0.717) is 72.4 Å². The summed E-state index contributed by atoms with van der Waals surface area (Å²) in [5.74, 6) is 3.66. The van der Waals surface area contributed by atoms with Crippen LogP contribution in [0.3, 0.4) is 0 Å². The number of Topliss-reactive ketones (excluding diaryl/α,β-unsaturated/α-hetero) is 3. The first kappa shape index (κ1) is 40.5. The zero-order chi connectivity index (χ0) is 37.0. The maximum absolute atomic E-state index is 13.1. The van der Waals surface area contributed by atoms with Crippen molar-refractivity contribution in [2.24, 2.45) is 0 Å². The van der Waals surface area contributed by atoms with Crippen LogP contribution in [0.2, 0.25) is 0 Å². The van der Waals surface area contributed by atoms with Gasteiger partial charge in [0.25, 0.3) is 0 Å². The lowest BCUT2D eigenvalue weighted by Crippen LogP contribution is -2.04. The van der Waals surface area contributed by atoms with E-state index in [1.165, 1.54) is 0 Å². The second kappa shape index (κ2) is 22.0. The molecule has 3 aromatic rings. The summed E-state index contributed by atoms with van der Waals surface area (Å²) in [5.41, 5.74) is 4.20. The van der Waals surface area contributed by atoms with Gasteiger partial charge in [-0.2, -0.15) is 0 Å². The molecule has 0 aliphatic carbocycles. The molecular formula is C45H54O6. The fourth-order valence-corrected chi connectivity index (χ4v) is 5.50. The molecule has 0 heterocycles. The lowest BCUT2D eigenvalue weighted by Gasteiger charge is -2.13. The fraction of sp³-hybridized carbons (Fsp3) is 0.356. The van der Waals surface area contributed by atoms with Crippen LogP contribution in [0.4, 0.5) is 0 Å². The standard InChI is InChI=1S/C45H54O6/c1-7-34(4)49-29-15-11-14-18-42(47)31-37-19-22-39(23-20-37)36(6)51-45-28-21-38(30-33(45)3)32-44(48)40-24-26-43(27-25-40)50-35(5)16-12-9-10-13-17-41(46)8-2/h7,19-28,30H,1,4-6,8-18,29,31-32H2,2-3H3. The van der Waals surface area contributed by atoms with Gasteiger partial charge < -0.3 is 14.2 Å². The molecule has 0 radical (unpaired) electrons. The molecule has 0 aliphatic heterocycles. The Morgan fingerprint density at radius 2 is 1.27 bits per heavy atom. The summed E-state index contributed by atoms with van der Waals surface area (Å²) in [6.45, 7) is 19.9. The van der Waals surface area contributed by atoms with E-state index >= 15 is 0 Å². The molecule has 0 saturated heterocycles. The summed E-state index contributed by atoms with van der Waals surface area (Å²) in [5, 5.41) is 0.